The van der Waals surface area contributed by atoms with E-state index >= 15 is 0 Å². The maximum absolute atomic E-state index is 11.5. The summed E-state index contributed by atoms with van der Waals surface area (Å²) in [7, 11) is 0. The summed E-state index contributed by atoms with van der Waals surface area (Å²) in [4.78, 5) is 23.0. The molecule has 0 aliphatic heterocycles. The Labute approximate surface area is 114 Å². The number of hydrogen-bond acceptors (Lipinski definition) is 3. The van der Waals surface area contributed by atoms with Crippen molar-refractivity contribution in [2.45, 2.75) is 27.7 Å². The summed E-state index contributed by atoms with van der Waals surface area (Å²) < 4.78 is 0. The van der Waals surface area contributed by atoms with E-state index in [0.717, 1.165) is 0 Å². The van der Waals surface area contributed by atoms with Gasteiger partial charge in [0, 0.05) is 6.54 Å². The van der Waals surface area contributed by atoms with Gasteiger partial charge < -0.3 is 16.4 Å². The molecule has 0 bridgehead atoms. The monoisotopic (exact) mass is 273 g/mol. The van der Waals surface area contributed by atoms with Crippen molar-refractivity contribution in [1.82, 2.24) is 10.6 Å². The summed E-state index contributed by atoms with van der Waals surface area (Å²) >= 11 is 4.61. The molecule has 0 rings (SSSR count). The molecule has 0 radical (unpaired) electrons. The van der Waals surface area contributed by atoms with E-state index in [9.17, 15) is 9.59 Å². The Balaban J connectivity index is 4.15. The number of carbonyl (C=O) groups is 2. The number of nitrogens with two attached hydrogens (primary N) is 1. The highest BCUT2D eigenvalue weighted by molar-refractivity contribution is 7.80. The minimum Gasteiger partial charge on any atom is -0.392 e. The molecule has 0 aromatic heterocycles. The van der Waals surface area contributed by atoms with Gasteiger partial charge >= 0.3 is 11.8 Å². The molecule has 0 saturated carbocycles. The van der Waals surface area contributed by atoms with Gasteiger partial charge in [-0.05, 0) is 17.8 Å². The van der Waals surface area contributed by atoms with Gasteiger partial charge in [-0.2, -0.15) is 0 Å². The van der Waals surface area contributed by atoms with E-state index in [2.05, 4.69) is 50.5 Å². The number of rotatable bonds is 6. The Morgan fingerprint density at radius 1 is 1.06 bits per heavy atom. The summed E-state index contributed by atoms with van der Waals surface area (Å²) in [6.07, 6.45) is 0. The van der Waals surface area contributed by atoms with E-state index in [1.54, 1.807) is 0 Å². The van der Waals surface area contributed by atoms with Crippen LogP contribution in [0.5, 0.6) is 0 Å². The largest absolute Gasteiger partial charge is 0.392 e. The van der Waals surface area contributed by atoms with Crippen LogP contribution in [0.15, 0.2) is 0 Å². The molecule has 0 spiro atoms. The fraction of sp³-hybridized carbons (Fsp3) is 0.750. The molecule has 2 amide bonds. The average molecular weight is 273 g/mol. The molecule has 0 aromatic rings. The second kappa shape index (κ2) is 8.02. The van der Waals surface area contributed by atoms with Gasteiger partial charge in [0.15, 0.2) is 0 Å². The first-order valence-electron chi connectivity index (χ1n) is 6.10. The zero-order valence-electron chi connectivity index (χ0n) is 11.4. The summed E-state index contributed by atoms with van der Waals surface area (Å²) in [5, 5.41) is 4.98. The van der Waals surface area contributed by atoms with E-state index in [1.807, 2.05) is 0 Å². The number of amides is 2. The first kappa shape index (κ1) is 16.8. The Morgan fingerprint density at radius 3 is 1.89 bits per heavy atom. The van der Waals surface area contributed by atoms with Crippen LogP contribution in [0.3, 0.4) is 0 Å². The first-order chi connectivity index (χ1) is 8.25. The van der Waals surface area contributed by atoms with Gasteiger partial charge in [0.2, 0.25) is 0 Å². The van der Waals surface area contributed by atoms with Crippen molar-refractivity contribution in [1.29, 1.82) is 0 Å². The number of nitrogens with one attached hydrogen (secondary N) is 2. The third kappa shape index (κ3) is 6.54. The summed E-state index contributed by atoms with van der Waals surface area (Å²) in [6, 6.07) is 0. The van der Waals surface area contributed by atoms with Crippen LogP contribution in [0.2, 0.25) is 0 Å². The lowest BCUT2D eigenvalue weighted by molar-refractivity contribution is -0.139. The van der Waals surface area contributed by atoms with Gasteiger partial charge in [-0.15, -0.1) is 0 Å². The molecule has 0 heterocycles. The molecule has 4 N–H and O–H groups in total. The van der Waals surface area contributed by atoms with Gasteiger partial charge in [0.1, 0.15) is 0 Å². The highest BCUT2D eigenvalue weighted by atomic mass is 32.1. The van der Waals surface area contributed by atoms with Crippen molar-refractivity contribution >= 4 is 29.0 Å². The van der Waals surface area contributed by atoms with E-state index in [-0.39, 0.29) is 11.5 Å². The molecule has 0 aliphatic carbocycles. The molecule has 0 aromatic carbocycles. The molecule has 0 saturated heterocycles. The third-order valence-corrected chi connectivity index (χ3v) is 2.98. The molecule has 0 fully saturated rings. The Hall–Kier alpha value is -1.17. The van der Waals surface area contributed by atoms with Crippen LogP contribution in [-0.4, -0.2) is 29.9 Å². The summed E-state index contributed by atoms with van der Waals surface area (Å²) in [5.74, 6) is -0.0982. The standard InChI is InChI=1S/C12H23N3O2S/c1-7(2)9(8(3)4)5-14-11(16)12(17)15-6-10(13)18/h7-9H,5-6H2,1-4H3,(H2,13,18)(H,14,16)(H,15,17). The molecule has 5 nitrogen and oxygen atoms in total. The van der Waals surface area contributed by atoms with E-state index in [4.69, 9.17) is 5.73 Å². The average Bonchev–Trinajstić information content (AvgIpc) is 2.24. The molecule has 0 atom stereocenters. The minimum atomic E-state index is -0.700. The lowest BCUT2D eigenvalue weighted by atomic mass is 9.85. The van der Waals surface area contributed by atoms with Crippen molar-refractivity contribution in [3.63, 3.8) is 0 Å². The topological polar surface area (TPSA) is 84.2 Å². The van der Waals surface area contributed by atoms with Crippen LogP contribution in [-0.2, 0) is 9.59 Å². The van der Waals surface area contributed by atoms with Crippen molar-refractivity contribution < 1.29 is 9.59 Å². The van der Waals surface area contributed by atoms with E-state index in [1.165, 1.54) is 0 Å². The van der Waals surface area contributed by atoms with Crippen LogP contribution in [0.1, 0.15) is 27.7 Å². The van der Waals surface area contributed by atoms with Crippen LogP contribution in [0.4, 0.5) is 0 Å². The van der Waals surface area contributed by atoms with Gasteiger partial charge in [-0.1, -0.05) is 39.9 Å². The van der Waals surface area contributed by atoms with Crippen molar-refractivity contribution in [3.8, 4) is 0 Å². The molecule has 6 heteroatoms. The normalized spacial score (nSPS) is 10.8. The van der Waals surface area contributed by atoms with E-state index in [0.29, 0.717) is 24.3 Å². The molecular formula is C12H23N3O2S. The smallest absolute Gasteiger partial charge is 0.309 e. The summed E-state index contributed by atoms with van der Waals surface area (Å²) in [5.41, 5.74) is 5.23. The molecular weight excluding hydrogens is 250 g/mol. The lowest BCUT2D eigenvalue weighted by Gasteiger charge is -2.24. The number of carbonyl (C=O) groups excluding carboxylic acids is 2. The highest BCUT2D eigenvalue weighted by Crippen LogP contribution is 2.19. The highest BCUT2D eigenvalue weighted by Gasteiger charge is 2.20. The Kier molecular flexibility index (Phi) is 7.50. The van der Waals surface area contributed by atoms with Gasteiger partial charge in [-0.3, -0.25) is 9.59 Å². The quantitative estimate of drug-likeness (QED) is 0.484. The third-order valence-electron chi connectivity index (χ3n) is 2.84. The van der Waals surface area contributed by atoms with Crippen molar-refractivity contribution in [3.05, 3.63) is 0 Å². The SMILES string of the molecule is CC(C)C(CNC(=O)C(=O)NCC(N)=S)C(C)C. The Bertz CT molecular complexity index is 308. The predicted octanol–water partition coefficient (Wildman–Crippen LogP) is 0.433. The fourth-order valence-electron chi connectivity index (χ4n) is 1.78. The first-order valence-corrected chi connectivity index (χ1v) is 6.50. The second-order valence-electron chi connectivity index (χ2n) is 5.01. The van der Waals surface area contributed by atoms with Gasteiger partial charge in [-0.25, -0.2) is 0 Å². The van der Waals surface area contributed by atoms with Gasteiger partial charge in [0.25, 0.3) is 0 Å². The fourth-order valence-corrected chi connectivity index (χ4v) is 1.85. The second-order valence-corrected chi connectivity index (χ2v) is 5.54. The maximum atomic E-state index is 11.5. The zero-order chi connectivity index (χ0) is 14.3. The van der Waals surface area contributed by atoms with Crippen LogP contribution in [0, 0.1) is 17.8 Å². The molecule has 0 aliphatic rings. The van der Waals surface area contributed by atoms with Crippen LogP contribution in [0.25, 0.3) is 0 Å². The summed E-state index contributed by atoms with van der Waals surface area (Å²) in [6.45, 7) is 8.94. The molecule has 0 unspecified atom stereocenters. The predicted molar refractivity (Wildman–Crippen MR) is 76.0 cm³/mol. The molecule has 18 heavy (non-hydrogen) atoms. The Morgan fingerprint density at radius 2 is 1.50 bits per heavy atom. The number of thiocarbonyl (C=S) groups is 1. The lowest BCUT2D eigenvalue weighted by Crippen LogP contribution is -2.45. The van der Waals surface area contributed by atoms with E-state index < -0.39 is 11.8 Å². The van der Waals surface area contributed by atoms with Crippen molar-refractivity contribution in [2.75, 3.05) is 13.1 Å². The van der Waals surface area contributed by atoms with Crippen molar-refractivity contribution in [2.24, 2.45) is 23.5 Å². The maximum Gasteiger partial charge on any atom is 0.309 e. The number of hydrogen-bond donors (Lipinski definition) is 3. The minimum absolute atomic E-state index is 0.0410. The van der Waals surface area contributed by atoms with Crippen LogP contribution < -0.4 is 16.4 Å². The van der Waals surface area contributed by atoms with Gasteiger partial charge in [0.05, 0.1) is 11.5 Å². The molecule has 104 valence electrons. The van der Waals surface area contributed by atoms with Crippen LogP contribution >= 0.6 is 12.2 Å². The zero-order valence-corrected chi connectivity index (χ0v) is 12.3.